The summed E-state index contributed by atoms with van der Waals surface area (Å²) in [4.78, 5) is 10.9. The fourth-order valence-corrected chi connectivity index (χ4v) is 2.63. The summed E-state index contributed by atoms with van der Waals surface area (Å²) < 4.78 is 0. The van der Waals surface area contributed by atoms with Crippen molar-refractivity contribution >= 4 is 17.4 Å². The van der Waals surface area contributed by atoms with Crippen molar-refractivity contribution in [3.8, 4) is 0 Å². The van der Waals surface area contributed by atoms with E-state index in [2.05, 4.69) is 28.7 Å². The fraction of sp³-hybridized carbons (Fsp3) is 0.667. The van der Waals surface area contributed by atoms with Gasteiger partial charge in [0.1, 0.15) is 16.8 Å². The van der Waals surface area contributed by atoms with Gasteiger partial charge in [-0.25, -0.2) is 9.97 Å². The molecule has 1 fully saturated rings. The van der Waals surface area contributed by atoms with Crippen molar-refractivity contribution in [2.24, 2.45) is 5.92 Å². The summed E-state index contributed by atoms with van der Waals surface area (Å²) in [5.74, 6) is 2.52. The first-order chi connectivity index (χ1) is 7.56. The highest BCUT2D eigenvalue weighted by atomic mass is 35.5. The fourth-order valence-electron chi connectivity index (χ4n) is 2.41. The van der Waals surface area contributed by atoms with Crippen LogP contribution < -0.4 is 4.90 Å². The molecule has 0 spiro atoms. The monoisotopic (exact) mass is 239 g/mol. The summed E-state index contributed by atoms with van der Waals surface area (Å²) in [7, 11) is 0. The van der Waals surface area contributed by atoms with Gasteiger partial charge in [0.05, 0.1) is 0 Å². The Morgan fingerprint density at radius 2 is 2.12 bits per heavy atom. The van der Waals surface area contributed by atoms with Crippen LogP contribution in [0.2, 0.25) is 5.15 Å². The van der Waals surface area contributed by atoms with Crippen molar-refractivity contribution in [2.75, 3.05) is 11.4 Å². The summed E-state index contributed by atoms with van der Waals surface area (Å²) in [5, 5.41) is 0.535. The number of halogens is 1. The van der Waals surface area contributed by atoms with Crippen LogP contribution in [0.15, 0.2) is 6.07 Å². The van der Waals surface area contributed by atoms with Crippen molar-refractivity contribution in [2.45, 2.75) is 39.7 Å². The van der Waals surface area contributed by atoms with E-state index in [4.69, 9.17) is 11.6 Å². The lowest BCUT2D eigenvalue weighted by Gasteiger charge is -2.37. The lowest BCUT2D eigenvalue weighted by atomic mass is 9.93. The van der Waals surface area contributed by atoms with Gasteiger partial charge in [-0.2, -0.15) is 0 Å². The highest BCUT2D eigenvalue weighted by Crippen LogP contribution is 2.27. The van der Waals surface area contributed by atoms with Gasteiger partial charge in [0, 0.05) is 18.7 Å². The van der Waals surface area contributed by atoms with E-state index >= 15 is 0 Å². The molecule has 2 atom stereocenters. The molecule has 16 heavy (non-hydrogen) atoms. The Morgan fingerprint density at radius 1 is 1.38 bits per heavy atom. The third kappa shape index (κ3) is 2.46. The summed E-state index contributed by atoms with van der Waals surface area (Å²) in [6, 6.07) is 2.40. The van der Waals surface area contributed by atoms with Crippen LogP contribution in [0.4, 0.5) is 5.82 Å². The number of hydrogen-bond donors (Lipinski definition) is 0. The van der Waals surface area contributed by atoms with Crippen molar-refractivity contribution < 1.29 is 0 Å². The van der Waals surface area contributed by atoms with Gasteiger partial charge in [-0.1, -0.05) is 18.5 Å². The first-order valence-corrected chi connectivity index (χ1v) is 6.22. The van der Waals surface area contributed by atoms with Gasteiger partial charge in [-0.15, -0.1) is 0 Å². The predicted octanol–water partition coefficient (Wildman–Crippen LogP) is 3.06. The van der Waals surface area contributed by atoms with E-state index < -0.39 is 0 Å². The smallest absolute Gasteiger partial charge is 0.134 e. The first kappa shape index (κ1) is 11.6. The molecule has 4 heteroatoms. The highest BCUT2D eigenvalue weighted by molar-refractivity contribution is 6.29. The van der Waals surface area contributed by atoms with Crippen LogP contribution in [-0.2, 0) is 0 Å². The lowest BCUT2D eigenvalue weighted by molar-refractivity contribution is 0.376. The van der Waals surface area contributed by atoms with E-state index in [9.17, 15) is 0 Å². The Kier molecular flexibility index (Phi) is 3.33. The lowest BCUT2D eigenvalue weighted by Crippen LogP contribution is -2.40. The predicted molar refractivity (Wildman–Crippen MR) is 67.0 cm³/mol. The summed E-state index contributed by atoms with van der Waals surface area (Å²) in [5.41, 5.74) is 0. The van der Waals surface area contributed by atoms with E-state index in [0.717, 1.165) is 24.1 Å². The van der Waals surface area contributed by atoms with Gasteiger partial charge in [-0.05, 0) is 32.6 Å². The molecule has 1 aliphatic heterocycles. The van der Waals surface area contributed by atoms with E-state index in [1.807, 2.05) is 13.0 Å². The number of rotatable bonds is 1. The van der Waals surface area contributed by atoms with E-state index in [1.165, 1.54) is 12.8 Å². The molecule has 0 amide bonds. The summed E-state index contributed by atoms with van der Waals surface area (Å²) in [6.45, 7) is 7.51. The molecule has 0 aliphatic carbocycles. The van der Waals surface area contributed by atoms with Crippen LogP contribution in [0.25, 0.3) is 0 Å². The molecule has 1 aromatic heterocycles. The first-order valence-electron chi connectivity index (χ1n) is 5.84. The van der Waals surface area contributed by atoms with Crippen molar-refractivity contribution in [1.29, 1.82) is 0 Å². The Morgan fingerprint density at radius 3 is 2.75 bits per heavy atom. The number of aryl methyl sites for hydroxylation is 1. The Labute approximate surface area is 102 Å². The quantitative estimate of drug-likeness (QED) is 0.706. The van der Waals surface area contributed by atoms with Gasteiger partial charge in [0.2, 0.25) is 0 Å². The molecule has 0 bridgehead atoms. The molecule has 3 nitrogen and oxygen atoms in total. The van der Waals surface area contributed by atoms with Crippen molar-refractivity contribution in [3.05, 3.63) is 17.0 Å². The zero-order valence-corrected chi connectivity index (χ0v) is 10.8. The molecule has 0 N–H and O–H groups in total. The zero-order valence-electron chi connectivity index (χ0n) is 10.1. The molecule has 2 unspecified atom stereocenters. The number of anilines is 1. The molecular formula is C12H18ClN3. The van der Waals surface area contributed by atoms with Crippen LogP contribution in [0.5, 0.6) is 0 Å². The van der Waals surface area contributed by atoms with E-state index in [-0.39, 0.29) is 0 Å². The number of aromatic nitrogens is 2. The average molecular weight is 240 g/mol. The van der Waals surface area contributed by atoms with Crippen LogP contribution in [0.1, 0.15) is 32.5 Å². The van der Waals surface area contributed by atoms with Gasteiger partial charge in [0.15, 0.2) is 0 Å². The minimum absolute atomic E-state index is 0.535. The Bertz CT molecular complexity index is 360. The minimum atomic E-state index is 0.535. The van der Waals surface area contributed by atoms with Crippen LogP contribution in [0, 0.1) is 12.8 Å². The standard InChI is InChI=1S/C12H18ClN3/c1-8-4-5-16(9(2)6-8)12-7-11(13)14-10(3)15-12/h7-9H,4-6H2,1-3H3. The van der Waals surface area contributed by atoms with E-state index in [0.29, 0.717) is 11.2 Å². The van der Waals surface area contributed by atoms with Crippen molar-refractivity contribution in [1.82, 2.24) is 9.97 Å². The largest absolute Gasteiger partial charge is 0.354 e. The second kappa shape index (κ2) is 4.58. The van der Waals surface area contributed by atoms with Crippen LogP contribution in [-0.4, -0.2) is 22.6 Å². The van der Waals surface area contributed by atoms with Gasteiger partial charge < -0.3 is 4.90 Å². The van der Waals surface area contributed by atoms with E-state index in [1.54, 1.807) is 0 Å². The second-order valence-electron chi connectivity index (χ2n) is 4.77. The molecule has 0 radical (unpaired) electrons. The molecule has 2 heterocycles. The van der Waals surface area contributed by atoms with Gasteiger partial charge in [0.25, 0.3) is 0 Å². The molecule has 1 aromatic rings. The van der Waals surface area contributed by atoms with Gasteiger partial charge in [-0.3, -0.25) is 0 Å². The summed E-state index contributed by atoms with van der Waals surface area (Å²) in [6.07, 6.45) is 2.45. The minimum Gasteiger partial charge on any atom is -0.354 e. The molecule has 1 aliphatic rings. The SMILES string of the molecule is Cc1nc(Cl)cc(N2CCC(C)CC2C)n1. The average Bonchev–Trinajstić information content (AvgIpc) is 2.15. The molecule has 1 saturated heterocycles. The van der Waals surface area contributed by atoms with Gasteiger partial charge >= 0.3 is 0 Å². The maximum Gasteiger partial charge on any atom is 0.134 e. The molecule has 0 saturated carbocycles. The topological polar surface area (TPSA) is 29.0 Å². The Balaban J connectivity index is 2.23. The van der Waals surface area contributed by atoms with Crippen molar-refractivity contribution in [3.63, 3.8) is 0 Å². The number of nitrogens with zero attached hydrogens (tertiary/aromatic N) is 3. The maximum absolute atomic E-state index is 5.97. The van der Waals surface area contributed by atoms with Crippen LogP contribution >= 0.6 is 11.6 Å². The normalized spacial score (nSPS) is 25.9. The Hall–Kier alpha value is -0.830. The number of piperidine rings is 1. The molecular weight excluding hydrogens is 222 g/mol. The van der Waals surface area contributed by atoms with Crippen LogP contribution in [0.3, 0.4) is 0 Å². The third-order valence-corrected chi connectivity index (χ3v) is 3.42. The molecule has 2 rings (SSSR count). The third-order valence-electron chi connectivity index (χ3n) is 3.23. The second-order valence-corrected chi connectivity index (χ2v) is 5.16. The zero-order chi connectivity index (χ0) is 11.7. The highest BCUT2D eigenvalue weighted by Gasteiger charge is 2.24. The molecule has 88 valence electrons. The summed E-state index contributed by atoms with van der Waals surface area (Å²) >= 11 is 5.97. The maximum atomic E-state index is 5.97. The molecule has 0 aromatic carbocycles. The number of hydrogen-bond acceptors (Lipinski definition) is 3.